The number of rotatable bonds is 7. The van der Waals surface area contributed by atoms with Gasteiger partial charge < -0.3 is 27.2 Å². The van der Waals surface area contributed by atoms with Crippen molar-refractivity contribution in [2.45, 2.75) is 32.4 Å². The molecule has 2 N–H and O–H groups in total. The fourth-order valence-electron chi connectivity index (χ4n) is 1.48. The molecule has 1 aromatic heterocycles. The van der Waals surface area contributed by atoms with Gasteiger partial charge in [-0.25, -0.2) is 13.9 Å². The van der Waals surface area contributed by atoms with Crippen molar-refractivity contribution < 1.29 is 41.4 Å². The molecule has 0 unspecified atom stereocenters. The molecule has 0 atom stereocenters. The van der Waals surface area contributed by atoms with Crippen LogP contribution in [0.1, 0.15) is 19.3 Å². The average molecular weight is 376 g/mol. The van der Waals surface area contributed by atoms with E-state index in [4.69, 9.17) is 33.4 Å². The number of nitrogens with zero attached hydrogens (tertiary/aromatic N) is 2. The highest BCUT2D eigenvalue weighted by atomic mass is 79.9. The maximum Gasteiger partial charge on any atom is 0.346 e. The van der Waals surface area contributed by atoms with E-state index in [2.05, 4.69) is 0 Å². The molecule has 0 saturated heterocycles. The first kappa shape index (κ1) is 18.2. The minimum atomic E-state index is -1.01. The molecule has 1 aromatic rings. The molecule has 108 valence electrons. The zero-order chi connectivity index (χ0) is 13.7. The topological polar surface area (TPSA) is 83.4 Å². The Hall–Kier alpha value is -0.790. The van der Waals surface area contributed by atoms with Crippen molar-refractivity contribution in [2.24, 2.45) is 0 Å². The van der Waals surface area contributed by atoms with Gasteiger partial charge >= 0.3 is 11.9 Å². The van der Waals surface area contributed by atoms with Gasteiger partial charge in [0.05, 0.1) is 6.54 Å². The molecule has 6 nitrogen and oxygen atoms in total. The lowest BCUT2D eigenvalue weighted by atomic mass is 10.2. The van der Waals surface area contributed by atoms with Crippen molar-refractivity contribution in [3.63, 3.8) is 0 Å². The molecule has 0 bridgehead atoms. The van der Waals surface area contributed by atoms with Crippen molar-refractivity contribution in [2.75, 3.05) is 0 Å². The van der Waals surface area contributed by atoms with E-state index in [1.165, 1.54) is 10.9 Å². The molecule has 0 saturated carbocycles. The van der Waals surface area contributed by atoms with Gasteiger partial charge in [0.25, 0.3) is 10.3 Å². The third-order valence-corrected chi connectivity index (χ3v) is 3.19. The summed E-state index contributed by atoms with van der Waals surface area (Å²) in [7, 11) is 0. The molecule has 0 aliphatic carbocycles. The largest absolute Gasteiger partial charge is 1.00 e. The number of carboxylic acids is 2. The van der Waals surface area contributed by atoms with Gasteiger partial charge in [0.15, 0.2) is 6.54 Å². The summed E-state index contributed by atoms with van der Waals surface area (Å²) in [5.74, 6) is -1.85. The van der Waals surface area contributed by atoms with Crippen LogP contribution in [0, 0.1) is 0 Å². The first-order valence-corrected chi connectivity index (χ1v) is 6.04. The molecule has 0 aliphatic heterocycles. The lowest BCUT2D eigenvalue weighted by Gasteiger charge is -1.96. The average Bonchev–Trinajstić information content (AvgIpc) is 2.52. The van der Waals surface area contributed by atoms with Gasteiger partial charge in [0.1, 0.15) is 0 Å². The highest BCUT2D eigenvalue weighted by molar-refractivity contribution is 6.39. The molecule has 0 amide bonds. The van der Waals surface area contributed by atoms with E-state index < -0.39 is 11.9 Å². The Bertz CT molecular complexity index is 465. The van der Waals surface area contributed by atoms with Crippen molar-refractivity contribution >= 4 is 35.1 Å². The van der Waals surface area contributed by atoms with Crippen LogP contribution in [0.5, 0.6) is 0 Å². The van der Waals surface area contributed by atoms with Crippen LogP contribution in [0.3, 0.4) is 0 Å². The third kappa shape index (κ3) is 5.80. The normalized spacial score (nSPS) is 10.0. The van der Waals surface area contributed by atoms with Crippen LogP contribution in [-0.2, 0) is 22.7 Å². The third-order valence-electron chi connectivity index (χ3n) is 2.30. The van der Waals surface area contributed by atoms with Crippen LogP contribution in [0.25, 0.3) is 0 Å². The molecule has 9 heteroatoms. The fourth-order valence-corrected chi connectivity index (χ4v) is 1.93. The summed E-state index contributed by atoms with van der Waals surface area (Å²) in [5.41, 5.74) is 0. The number of carbonyl (C=O) groups is 2. The lowest BCUT2D eigenvalue weighted by molar-refractivity contribution is -0.683. The van der Waals surface area contributed by atoms with Gasteiger partial charge in [-0.3, -0.25) is 4.79 Å². The van der Waals surface area contributed by atoms with Crippen LogP contribution in [0.2, 0.25) is 10.3 Å². The second-order valence-electron chi connectivity index (χ2n) is 3.76. The van der Waals surface area contributed by atoms with Crippen LogP contribution in [-0.4, -0.2) is 26.7 Å². The summed E-state index contributed by atoms with van der Waals surface area (Å²) >= 11 is 11.8. The van der Waals surface area contributed by atoms with Crippen molar-refractivity contribution in [1.82, 2.24) is 4.57 Å². The van der Waals surface area contributed by atoms with Gasteiger partial charge in [-0.1, -0.05) is 0 Å². The molecule has 19 heavy (non-hydrogen) atoms. The number of aryl methyl sites for hydroxylation is 1. The maximum absolute atomic E-state index is 10.6. The number of hydrogen-bond donors (Lipinski definition) is 2. The number of carboxylic acid groups (broad SMARTS) is 2. The predicted octanol–water partition coefficient (Wildman–Crippen LogP) is -1.57. The Labute approximate surface area is 130 Å². The van der Waals surface area contributed by atoms with Gasteiger partial charge in [-0.05, 0) is 36.0 Å². The minimum absolute atomic E-state index is 0. The van der Waals surface area contributed by atoms with E-state index in [0.29, 0.717) is 19.4 Å². The molecule has 0 radical (unpaired) electrons. The zero-order valence-electron chi connectivity index (χ0n) is 9.85. The first-order chi connectivity index (χ1) is 8.41. The zero-order valence-corrected chi connectivity index (χ0v) is 12.9. The molecule has 0 aliphatic rings. The van der Waals surface area contributed by atoms with Gasteiger partial charge in [-0.15, -0.1) is 0 Å². The molecule has 1 heterocycles. The van der Waals surface area contributed by atoms with Gasteiger partial charge in [0.2, 0.25) is 6.33 Å². The molecule has 0 fully saturated rings. The Morgan fingerprint density at radius 3 is 2.37 bits per heavy atom. The first-order valence-electron chi connectivity index (χ1n) is 5.29. The number of aliphatic carboxylic acids is 2. The molecular weight excluding hydrogens is 363 g/mol. The number of halogens is 3. The Morgan fingerprint density at radius 2 is 1.84 bits per heavy atom. The number of unbranched alkanes of at least 4 members (excludes halogenated alkanes) is 1. The highest BCUT2D eigenvalue weighted by Gasteiger charge is 2.21. The number of hydrogen-bond acceptors (Lipinski definition) is 2. The van der Waals surface area contributed by atoms with Crippen molar-refractivity contribution in [3.05, 3.63) is 16.6 Å². The van der Waals surface area contributed by atoms with Crippen LogP contribution in [0.15, 0.2) is 6.33 Å². The maximum atomic E-state index is 10.6. The second kappa shape index (κ2) is 8.39. The SMILES string of the molecule is O=C(O)CCCCn1c[n+](CC(=O)O)c(Cl)c1Cl.[Br-]. The summed E-state index contributed by atoms with van der Waals surface area (Å²) in [6.07, 6.45) is 2.77. The van der Waals surface area contributed by atoms with Gasteiger partial charge in [0, 0.05) is 6.42 Å². The van der Waals surface area contributed by atoms with Crippen LogP contribution >= 0.6 is 23.2 Å². The molecular formula is C10H13BrCl2N2O4. The predicted molar refractivity (Wildman–Crippen MR) is 63.8 cm³/mol. The van der Waals surface area contributed by atoms with Crippen molar-refractivity contribution in [3.8, 4) is 0 Å². The van der Waals surface area contributed by atoms with Crippen LogP contribution < -0.4 is 21.5 Å². The minimum Gasteiger partial charge on any atom is -1.00 e. The standard InChI is InChI=1S/C10H12Cl2N2O4.BrH/c11-9-10(12)14(5-8(17)18)6-13(9)4-2-1-3-7(15)16;/h6H,1-5H2,(H-,15,16,17,18);1H. The molecule has 1 rings (SSSR count). The van der Waals surface area contributed by atoms with E-state index >= 15 is 0 Å². The molecule has 0 aromatic carbocycles. The summed E-state index contributed by atoms with van der Waals surface area (Å²) in [6, 6.07) is 0. The Balaban J connectivity index is 0.00000324. The summed E-state index contributed by atoms with van der Waals surface area (Å²) in [5, 5.41) is 17.6. The summed E-state index contributed by atoms with van der Waals surface area (Å²) in [6.45, 7) is 0.235. The Morgan fingerprint density at radius 1 is 1.21 bits per heavy atom. The Kier molecular flexibility index (Phi) is 8.05. The summed E-state index contributed by atoms with van der Waals surface area (Å²) in [4.78, 5) is 20.9. The lowest BCUT2D eigenvalue weighted by Crippen LogP contribution is -3.00. The quantitative estimate of drug-likeness (QED) is 0.445. The summed E-state index contributed by atoms with van der Waals surface area (Å²) < 4.78 is 2.93. The number of imidazole rings is 1. The molecule has 0 spiro atoms. The van der Waals surface area contributed by atoms with E-state index in [9.17, 15) is 9.59 Å². The van der Waals surface area contributed by atoms with E-state index in [1.54, 1.807) is 4.57 Å². The van der Waals surface area contributed by atoms with E-state index in [0.717, 1.165) is 0 Å². The highest BCUT2D eigenvalue weighted by Crippen LogP contribution is 2.19. The van der Waals surface area contributed by atoms with Gasteiger partial charge in [-0.2, -0.15) is 0 Å². The smallest absolute Gasteiger partial charge is 0.346 e. The van der Waals surface area contributed by atoms with E-state index in [1.807, 2.05) is 0 Å². The fraction of sp³-hybridized carbons (Fsp3) is 0.500. The van der Waals surface area contributed by atoms with E-state index in [-0.39, 0.29) is 40.3 Å². The monoisotopic (exact) mass is 374 g/mol. The number of aromatic nitrogens is 2. The van der Waals surface area contributed by atoms with Crippen molar-refractivity contribution in [1.29, 1.82) is 0 Å². The van der Waals surface area contributed by atoms with Crippen LogP contribution in [0.4, 0.5) is 0 Å². The second-order valence-corrected chi connectivity index (χ2v) is 4.48.